The third-order valence-electron chi connectivity index (χ3n) is 2.07. The molecule has 0 saturated heterocycles. The highest BCUT2D eigenvalue weighted by molar-refractivity contribution is 9.12. The second-order valence-corrected chi connectivity index (χ2v) is 7.87. The molecule has 0 aliphatic carbocycles. The van der Waals surface area contributed by atoms with Gasteiger partial charge in [0, 0.05) is 19.6 Å². The number of nitrogens with one attached hydrogen (secondary N) is 2. The van der Waals surface area contributed by atoms with Gasteiger partial charge in [0.25, 0.3) is 0 Å². The Balaban J connectivity index is 2.09. The SMILES string of the molecule is CC(C)CNCCNCc1cc(Br)sc1Br. The standard InChI is InChI=1S/C11H18Br2N2S/c1-8(2)6-14-3-4-15-7-9-5-10(12)16-11(9)13/h5,8,14-15H,3-4,6-7H2,1-2H3. The van der Waals surface area contributed by atoms with E-state index in [2.05, 4.69) is 62.4 Å². The molecular formula is C11H18Br2N2S. The first kappa shape index (κ1) is 14.6. The first-order chi connectivity index (χ1) is 7.59. The molecule has 1 aromatic rings. The Morgan fingerprint density at radius 3 is 2.50 bits per heavy atom. The highest BCUT2D eigenvalue weighted by atomic mass is 79.9. The number of hydrogen-bond donors (Lipinski definition) is 2. The normalized spacial score (nSPS) is 11.3. The van der Waals surface area contributed by atoms with E-state index in [1.165, 1.54) is 13.1 Å². The van der Waals surface area contributed by atoms with Crippen LogP contribution in [-0.2, 0) is 6.54 Å². The zero-order chi connectivity index (χ0) is 12.0. The van der Waals surface area contributed by atoms with Gasteiger partial charge in [-0.05, 0) is 56.0 Å². The smallest absolute Gasteiger partial charge is 0.0755 e. The van der Waals surface area contributed by atoms with E-state index in [-0.39, 0.29) is 0 Å². The minimum atomic E-state index is 0.724. The zero-order valence-electron chi connectivity index (χ0n) is 9.65. The molecule has 0 saturated carbocycles. The molecule has 0 amide bonds. The van der Waals surface area contributed by atoms with E-state index in [4.69, 9.17) is 0 Å². The Morgan fingerprint density at radius 1 is 1.25 bits per heavy atom. The maximum atomic E-state index is 3.55. The predicted octanol–water partition coefficient (Wildman–Crippen LogP) is 3.61. The molecule has 0 aliphatic heterocycles. The van der Waals surface area contributed by atoms with Gasteiger partial charge >= 0.3 is 0 Å². The molecule has 92 valence electrons. The molecule has 16 heavy (non-hydrogen) atoms. The van der Waals surface area contributed by atoms with Crippen LogP contribution >= 0.6 is 43.2 Å². The molecule has 0 atom stereocenters. The minimum absolute atomic E-state index is 0.724. The Bertz CT molecular complexity index is 313. The molecular weight excluding hydrogens is 352 g/mol. The van der Waals surface area contributed by atoms with Crippen molar-refractivity contribution in [1.29, 1.82) is 0 Å². The average Bonchev–Trinajstić information content (AvgIpc) is 2.50. The first-order valence-electron chi connectivity index (χ1n) is 5.44. The van der Waals surface area contributed by atoms with Crippen LogP contribution in [0.4, 0.5) is 0 Å². The molecule has 0 unspecified atom stereocenters. The van der Waals surface area contributed by atoms with Crippen LogP contribution in [0.5, 0.6) is 0 Å². The lowest BCUT2D eigenvalue weighted by atomic mass is 10.2. The molecule has 0 bridgehead atoms. The summed E-state index contributed by atoms with van der Waals surface area (Å²) in [6.45, 7) is 8.50. The van der Waals surface area contributed by atoms with Crippen molar-refractivity contribution in [2.24, 2.45) is 5.92 Å². The van der Waals surface area contributed by atoms with E-state index in [1.54, 1.807) is 11.3 Å². The zero-order valence-corrected chi connectivity index (χ0v) is 13.6. The monoisotopic (exact) mass is 368 g/mol. The van der Waals surface area contributed by atoms with Gasteiger partial charge in [-0.3, -0.25) is 0 Å². The second kappa shape index (κ2) is 7.82. The molecule has 0 spiro atoms. The predicted molar refractivity (Wildman–Crippen MR) is 79.1 cm³/mol. The van der Waals surface area contributed by atoms with Gasteiger partial charge in [0.15, 0.2) is 0 Å². The molecule has 1 aromatic heterocycles. The molecule has 0 radical (unpaired) electrons. The Hall–Kier alpha value is 0.580. The van der Waals surface area contributed by atoms with Crippen LogP contribution < -0.4 is 10.6 Å². The average molecular weight is 370 g/mol. The molecule has 0 fully saturated rings. The van der Waals surface area contributed by atoms with Crippen molar-refractivity contribution in [1.82, 2.24) is 10.6 Å². The van der Waals surface area contributed by atoms with Crippen molar-refractivity contribution >= 4 is 43.2 Å². The van der Waals surface area contributed by atoms with Crippen LogP contribution in [0.15, 0.2) is 13.6 Å². The second-order valence-electron chi connectivity index (χ2n) is 4.12. The van der Waals surface area contributed by atoms with E-state index in [9.17, 15) is 0 Å². The van der Waals surface area contributed by atoms with Gasteiger partial charge in [0.2, 0.25) is 0 Å². The third kappa shape index (κ3) is 5.77. The van der Waals surface area contributed by atoms with Crippen molar-refractivity contribution in [2.75, 3.05) is 19.6 Å². The van der Waals surface area contributed by atoms with Gasteiger partial charge in [-0.25, -0.2) is 0 Å². The fourth-order valence-electron chi connectivity index (χ4n) is 1.29. The van der Waals surface area contributed by atoms with Gasteiger partial charge in [0.1, 0.15) is 0 Å². The van der Waals surface area contributed by atoms with Crippen LogP contribution in [-0.4, -0.2) is 19.6 Å². The van der Waals surface area contributed by atoms with Crippen LogP contribution in [0.2, 0.25) is 0 Å². The molecule has 0 aromatic carbocycles. The Morgan fingerprint density at radius 2 is 1.94 bits per heavy atom. The highest BCUT2D eigenvalue weighted by Crippen LogP contribution is 2.31. The topological polar surface area (TPSA) is 24.1 Å². The summed E-state index contributed by atoms with van der Waals surface area (Å²) >= 11 is 8.75. The molecule has 2 nitrogen and oxygen atoms in total. The van der Waals surface area contributed by atoms with Crippen LogP contribution in [0.1, 0.15) is 19.4 Å². The van der Waals surface area contributed by atoms with Gasteiger partial charge in [0.05, 0.1) is 7.57 Å². The lowest BCUT2D eigenvalue weighted by Crippen LogP contribution is -2.29. The lowest BCUT2D eigenvalue weighted by Gasteiger charge is -2.08. The molecule has 0 aliphatic rings. The third-order valence-corrected chi connectivity index (χ3v) is 4.54. The molecule has 1 heterocycles. The molecule has 5 heteroatoms. The van der Waals surface area contributed by atoms with Crippen LogP contribution in [0, 0.1) is 5.92 Å². The van der Waals surface area contributed by atoms with Gasteiger partial charge in [-0.15, -0.1) is 11.3 Å². The van der Waals surface area contributed by atoms with Crippen LogP contribution in [0.25, 0.3) is 0 Å². The summed E-state index contributed by atoms with van der Waals surface area (Å²) in [5.41, 5.74) is 1.32. The number of hydrogen-bond acceptors (Lipinski definition) is 3. The van der Waals surface area contributed by atoms with Gasteiger partial charge in [-0.1, -0.05) is 13.8 Å². The summed E-state index contributed by atoms with van der Waals surface area (Å²) in [5.74, 6) is 0.724. The van der Waals surface area contributed by atoms with Gasteiger partial charge < -0.3 is 10.6 Å². The van der Waals surface area contributed by atoms with Crippen molar-refractivity contribution in [2.45, 2.75) is 20.4 Å². The van der Waals surface area contributed by atoms with E-state index in [1.807, 2.05) is 0 Å². The number of halogens is 2. The molecule has 2 N–H and O–H groups in total. The molecule has 1 rings (SSSR count). The fraction of sp³-hybridized carbons (Fsp3) is 0.636. The minimum Gasteiger partial charge on any atom is -0.315 e. The van der Waals surface area contributed by atoms with Crippen molar-refractivity contribution < 1.29 is 0 Å². The summed E-state index contributed by atoms with van der Waals surface area (Å²) in [7, 11) is 0. The first-order valence-corrected chi connectivity index (χ1v) is 7.85. The summed E-state index contributed by atoms with van der Waals surface area (Å²) in [5, 5.41) is 6.83. The van der Waals surface area contributed by atoms with Gasteiger partial charge in [-0.2, -0.15) is 0 Å². The van der Waals surface area contributed by atoms with Crippen molar-refractivity contribution in [3.63, 3.8) is 0 Å². The van der Waals surface area contributed by atoms with Crippen molar-refractivity contribution in [3.8, 4) is 0 Å². The number of thiophene rings is 1. The Kier molecular flexibility index (Phi) is 7.16. The summed E-state index contributed by atoms with van der Waals surface area (Å²) in [6, 6.07) is 2.16. The van der Waals surface area contributed by atoms with E-state index in [0.29, 0.717) is 0 Å². The van der Waals surface area contributed by atoms with Crippen LogP contribution in [0.3, 0.4) is 0 Å². The quantitative estimate of drug-likeness (QED) is 0.717. The number of rotatable bonds is 7. The maximum absolute atomic E-state index is 3.55. The summed E-state index contributed by atoms with van der Waals surface area (Å²) in [4.78, 5) is 0. The Labute approximate surface area is 118 Å². The fourth-order valence-corrected chi connectivity index (χ4v) is 4.11. The van der Waals surface area contributed by atoms with E-state index in [0.717, 1.165) is 32.1 Å². The summed E-state index contributed by atoms with van der Waals surface area (Å²) < 4.78 is 2.39. The largest absolute Gasteiger partial charge is 0.315 e. The van der Waals surface area contributed by atoms with E-state index < -0.39 is 0 Å². The maximum Gasteiger partial charge on any atom is 0.0755 e. The summed E-state index contributed by atoms with van der Waals surface area (Å²) in [6.07, 6.45) is 0. The highest BCUT2D eigenvalue weighted by Gasteiger charge is 2.03. The lowest BCUT2D eigenvalue weighted by molar-refractivity contribution is 0.535. The van der Waals surface area contributed by atoms with Crippen molar-refractivity contribution in [3.05, 3.63) is 19.2 Å². The van der Waals surface area contributed by atoms with E-state index >= 15 is 0 Å².